The summed E-state index contributed by atoms with van der Waals surface area (Å²) < 4.78 is 52.6. The molecule has 5 aliphatic heterocycles. The zero-order chi connectivity index (χ0) is 17.1. The van der Waals surface area contributed by atoms with Gasteiger partial charge in [0.05, 0.1) is 0 Å². The highest BCUT2D eigenvalue weighted by Crippen LogP contribution is 2.72. The minimum atomic E-state index is -4.68. The fraction of sp³-hybridized carbons (Fsp3) is 0.250. The molecule has 0 saturated carbocycles. The van der Waals surface area contributed by atoms with Crippen LogP contribution in [0.1, 0.15) is 9.59 Å². The minimum Gasteiger partial charge on any atom is -0.383 e. The molecule has 24 heavy (non-hydrogen) atoms. The van der Waals surface area contributed by atoms with Gasteiger partial charge in [-0.1, -0.05) is 0 Å². The van der Waals surface area contributed by atoms with Crippen LogP contribution < -0.4 is 20.3 Å². The van der Waals surface area contributed by atoms with Gasteiger partial charge in [0, 0.05) is 0 Å². The second-order valence-electron chi connectivity index (χ2n) is 4.77. The third-order valence-electron chi connectivity index (χ3n) is 3.34. The molecular weight excluding hydrogens is 378 g/mol. The molecular formula is C8H2N2O12P2. The summed E-state index contributed by atoms with van der Waals surface area (Å²) in [5.74, 6) is -7.36. The number of fused-ring (bicyclic) bond motifs is 3. The Balaban J connectivity index is 1.96. The van der Waals surface area contributed by atoms with Crippen LogP contribution >= 0.6 is 15.6 Å². The smallest absolute Gasteiger partial charge is 0.383 e. The van der Waals surface area contributed by atoms with Crippen molar-refractivity contribution in [3.05, 3.63) is 20.8 Å². The van der Waals surface area contributed by atoms with E-state index in [4.69, 9.17) is 13.6 Å². The first-order valence-electron chi connectivity index (χ1n) is 6.03. The lowest BCUT2D eigenvalue weighted by Crippen LogP contribution is -2.59. The maximum absolute atomic E-state index is 12.5. The van der Waals surface area contributed by atoms with Crippen LogP contribution in [0.5, 0.6) is 11.6 Å². The van der Waals surface area contributed by atoms with Crippen LogP contribution in [0.4, 0.5) is 0 Å². The maximum Gasteiger partial charge on any atom is 0.594 e. The van der Waals surface area contributed by atoms with Crippen molar-refractivity contribution in [2.45, 2.75) is 5.97 Å². The number of phosphoric acid groups is 2. The predicted molar refractivity (Wildman–Crippen MR) is 64.6 cm³/mol. The van der Waals surface area contributed by atoms with Crippen molar-refractivity contribution in [1.29, 1.82) is 0 Å². The molecule has 0 aliphatic carbocycles. The molecule has 0 N–H and O–H groups in total. The summed E-state index contributed by atoms with van der Waals surface area (Å²) in [6, 6.07) is 0. The lowest BCUT2D eigenvalue weighted by atomic mass is 10.4. The number of nitrogens with zero attached hydrogens (tertiary/aromatic N) is 2. The molecule has 6 heterocycles. The highest BCUT2D eigenvalue weighted by atomic mass is 31.2. The van der Waals surface area contributed by atoms with Crippen molar-refractivity contribution in [3.8, 4) is 11.6 Å². The van der Waals surface area contributed by atoms with Crippen molar-refractivity contribution in [2.24, 2.45) is 0 Å². The molecule has 1 unspecified atom stereocenters. The van der Waals surface area contributed by atoms with Gasteiger partial charge in [0.25, 0.3) is 17.5 Å². The van der Waals surface area contributed by atoms with Crippen molar-refractivity contribution >= 4 is 27.5 Å². The topological polar surface area (TPSA) is 168 Å². The fourth-order valence-corrected chi connectivity index (χ4v) is 5.03. The lowest BCUT2D eigenvalue weighted by molar-refractivity contribution is -0.297. The number of hydrogen-bond donors (Lipinski definition) is 0. The number of rotatable bonds is 0. The van der Waals surface area contributed by atoms with Crippen LogP contribution in [0.15, 0.2) is 9.59 Å². The Morgan fingerprint density at radius 2 is 1.58 bits per heavy atom. The summed E-state index contributed by atoms with van der Waals surface area (Å²) in [4.78, 5) is 49.1. The van der Waals surface area contributed by atoms with E-state index in [1.165, 1.54) is 0 Å². The molecule has 0 radical (unpaired) electrons. The van der Waals surface area contributed by atoms with Gasteiger partial charge in [-0.15, -0.1) is 0 Å². The van der Waals surface area contributed by atoms with Crippen LogP contribution in [0.2, 0.25) is 0 Å². The Kier molecular flexibility index (Phi) is 2.24. The Bertz CT molecular complexity index is 1090. The van der Waals surface area contributed by atoms with Crippen molar-refractivity contribution in [3.63, 3.8) is 0 Å². The summed E-state index contributed by atoms with van der Waals surface area (Å²) in [5.41, 5.74) is -2.82. The SMILES string of the molecule is O=C1COP2(=O)OC3(OP4(=O)Oc5c(n(c(=O)n1c5=O)C3=O)O4)O2. The molecule has 0 amide bonds. The van der Waals surface area contributed by atoms with E-state index < -0.39 is 62.9 Å². The van der Waals surface area contributed by atoms with E-state index in [0.29, 0.717) is 0 Å². The van der Waals surface area contributed by atoms with Gasteiger partial charge in [-0.2, -0.15) is 13.7 Å². The van der Waals surface area contributed by atoms with Gasteiger partial charge < -0.3 is 9.05 Å². The normalized spacial score (nSPS) is 38.3. The molecule has 6 bridgehead atoms. The summed E-state index contributed by atoms with van der Waals surface area (Å²) in [6.07, 6.45) is 0. The number of phosphoric ester groups is 2. The summed E-state index contributed by atoms with van der Waals surface area (Å²) in [5, 5.41) is 0. The van der Waals surface area contributed by atoms with Gasteiger partial charge >= 0.3 is 38.8 Å². The molecule has 6 rings (SSSR count). The zero-order valence-electron chi connectivity index (χ0n) is 10.9. The zero-order valence-corrected chi connectivity index (χ0v) is 12.7. The highest BCUT2D eigenvalue weighted by molar-refractivity contribution is 7.51. The maximum atomic E-state index is 12.5. The molecule has 126 valence electrons. The Morgan fingerprint density at radius 1 is 0.917 bits per heavy atom. The van der Waals surface area contributed by atoms with E-state index in [0.717, 1.165) is 0 Å². The predicted octanol–water partition coefficient (Wildman–Crippen LogP) is -0.961. The van der Waals surface area contributed by atoms with Crippen LogP contribution in [0.25, 0.3) is 0 Å². The van der Waals surface area contributed by atoms with Crippen LogP contribution in [-0.4, -0.2) is 33.5 Å². The Labute approximate surface area is 128 Å². The Morgan fingerprint density at radius 3 is 2.29 bits per heavy atom. The third-order valence-corrected chi connectivity index (χ3v) is 5.98. The van der Waals surface area contributed by atoms with E-state index >= 15 is 0 Å². The highest BCUT2D eigenvalue weighted by Gasteiger charge is 2.72. The average Bonchev–Trinajstić information content (AvgIpc) is 2.75. The van der Waals surface area contributed by atoms with Gasteiger partial charge in [-0.3, -0.25) is 18.9 Å². The minimum absolute atomic E-state index is 0.00713. The number of aromatic nitrogens is 2. The van der Waals surface area contributed by atoms with E-state index in [1.807, 2.05) is 0 Å². The van der Waals surface area contributed by atoms with Gasteiger partial charge in [0.15, 0.2) is 0 Å². The van der Waals surface area contributed by atoms with Crippen LogP contribution in [0.3, 0.4) is 0 Å². The van der Waals surface area contributed by atoms with E-state index in [1.54, 1.807) is 0 Å². The molecule has 1 atom stereocenters. The van der Waals surface area contributed by atoms with Gasteiger partial charge in [0.1, 0.15) is 6.61 Å². The number of carbonyl (C=O) groups excluding carboxylic acids is 2. The van der Waals surface area contributed by atoms with Crippen molar-refractivity contribution in [1.82, 2.24) is 9.13 Å². The third kappa shape index (κ3) is 1.46. The van der Waals surface area contributed by atoms with E-state index in [9.17, 15) is 28.3 Å². The monoisotopic (exact) mass is 380 g/mol. The molecule has 1 spiro atoms. The molecule has 1 fully saturated rings. The summed E-state index contributed by atoms with van der Waals surface area (Å²) in [6.45, 7) is -1.05. The second kappa shape index (κ2) is 3.77. The standard InChI is InChI=1S/C8H2N2O12P2/c11-2-1-17-23(15)20-8(21-23)6(13)10-5-3(4(12)9(2)7(10)14)18-24(16,19-5)22-8/h1H2. The first kappa shape index (κ1) is 14.3. The first-order chi connectivity index (χ1) is 11.2. The molecule has 0 aromatic carbocycles. The first-order valence-corrected chi connectivity index (χ1v) is 8.95. The van der Waals surface area contributed by atoms with E-state index in [2.05, 4.69) is 13.6 Å². The molecule has 14 nitrogen and oxygen atoms in total. The van der Waals surface area contributed by atoms with E-state index in [-0.39, 0.29) is 9.13 Å². The van der Waals surface area contributed by atoms with Crippen molar-refractivity contribution < 1.29 is 45.9 Å². The van der Waals surface area contributed by atoms with Gasteiger partial charge in [-0.05, 0) is 0 Å². The molecule has 5 aliphatic rings. The number of carbonyl (C=O) groups is 2. The fourth-order valence-electron chi connectivity index (χ4n) is 2.39. The lowest BCUT2D eigenvalue weighted by Gasteiger charge is -2.41. The molecule has 1 saturated heterocycles. The van der Waals surface area contributed by atoms with Gasteiger partial charge in [-0.25, -0.2) is 23.0 Å². The average molecular weight is 380 g/mol. The largest absolute Gasteiger partial charge is 0.594 e. The van der Waals surface area contributed by atoms with Crippen LogP contribution in [-0.2, 0) is 27.2 Å². The Hall–Kier alpha value is -2.08. The summed E-state index contributed by atoms with van der Waals surface area (Å²) >= 11 is 0. The van der Waals surface area contributed by atoms with Crippen molar-refractivity contribution in [2.75, 3.05) is 6.61 Å². The second-order valence-corrected chi connectivity index (χ2v) is 7.73. The van der Waals surface area contributed by atoms with Crippen LogP contribution in [0, 0.1) is 0 Å². The molecule has 16 heteroatoms. The van der Waals surface area contributed by atoms with Gasteiger partial charge in [0.2, 0.25) is 0 Å². The summed E-state index contributed by atoms with van der Waals surface area (Å²) in [7, 11) is -9.11. The number of hydrogen-bond acceptors (Lipinski definition) is 12. The molecule has 1 aromatic heterocycles. The molecule has 1 aromatic rings. The quantitative estimate of drug-likeness (QED) is 0.506.